The number of fused-ring (bicyclic) bond motifs is 1. The summed E-state index contributed by atoms with van der Waals surface area (Å²) in [6.07, 6.45) is 5.75. The van der Waals surface area contributed by atoms with Crippen molar-refractivity contribution in [1.82, 2.24) is 30.0 Å². The van der Waals surface area contributed by atoms with E-state index in [1.807, 2.05) is 18.6 Å². The van der Waals surface area contributed by atoms with E-state index in [9.17, 15) is 0 Å². The SMILES string of the molecule is Cn1ccnc1C1CNCCN1Cc1ccc2cn[nH]c2c1. The lowest BCUT2D eigenvalue weighted by atomic mass is 10.1. The second-order valence-corrected chi connectivity index (χ2v) is 5.88. The zero-order valence-corrected chi connectivity index (χ0v) is 12.7. The zero-order valence-electron chi connectivity index (χ0n) is 12.7. The highest BCUT2D eigenvalue weighted by Gasteiger charge is 2.26. The maximum Gasteiger partial charge on any atom is 0.127 e. The van der Waals surface area contributed by atoms with Gasteiger partial charge >= 0.3 is 0 Å². The number of aromatic nitrogens is 4. The maximum absolute atomic E-state index is 4.54. The Labute approximate surface area is 129 Å². The molecule has 0 saturated carbocycles. The van der Waals surface area contributed by atoms with E-state index in [-0.39, 0.29) is 0 Å². The Balaban J connectivity index is 1.60. The van der Waals surface area contributed by atoms with E-state index in [0.717, 1.165) is 42.9 Å². The molecule has 0 amide bonds. The zero-order chi connectivity index (χ0) is 14.9. The van der Waals surface area contributed by atoms with E-state index in [1.165, 1.54) is 5.56 Å². The Bertz CT molecular complexity index is 774. The van der Waals surface area contributed by atoms with Crippen LogP contribution in [0, 0.1) is 0 Å². The minimum absolute atomic E-state index is 0.311. The summed E-state index contributed by atoms with van der Waals surface area (Å²) in [5, 5.41) is 11.8. The average molecular weight is 296 g/mol. The first-order valence-corrected chi connectivity index (χ1v) is 7.65. The van der Waals surface area contributed by atoms with Gasteiger partial charge in [0.05, 0.1) is 17.8 Å². The van der Waals surface area contributed by atoms with Crippen molar-refractivity contribution in [1.29, 1.82) is 0 Å². The van der Waals surface area contributed by atoms with Gasteiger partial charge in [0.2, 0.25) is 0 Å². The van der Waals surface area contributed by atoms with Crippen molar-refractivity contribution >= 4 is 10.9 Å². The summed E-state index contributed by atoms with van der Waals surface area (Å²) in [7, 11) is 2.06. The Morgan fingerprint density at radius 1 is 1.36 bits per heavy atom. The van der Waals surface area contributed by atoms with E-state index in [4.69, 9.17) is 0 Å². The summed E-state index contributed by atoms with van der Waals surface area (Å²) in [4.78, 5) is 7.03. The predicted octanol–water partition coefficient (Wildman–Crippen LogP) is 1.44. The van der Waals surface area contributed by atoms with E-state index < -0.39 is 0 Å². The lowest BCUT2D eigenvalue weighted by Crippen LogP contribution is -2.46. The summed E-state index contributed by atoms with van der Waals surface area (Å²) in [5.74, 6) is 1.12. The van der Waals surface area contributed by atoms with Crippen LogP contribution in [0.15, 0.2) is 36.8 Å². The quantitative estimate of drug-likeness (QED) is 0.768. The summed E-state index contributed by atoms with van der Waals surface area (Å²) in [6, 6.07) is 6.83. The van der Waals surface area contributed by atoms with E-state index in [2.05, 4.69) is 55.2 Å². The van der Waals surface area contributed by atoms with Crippen LogP contribution in [0.25, 0.3) is 10.9 Å². The molecule has 114 valence electrons. The lowest BCUT2D eigenvalue weighted by Gasteiger charge is -2.35. The van der Waals surface area contributed by atoms with Crippen molar-refractivity contribution in [2.24, 2.45) is 7.05 Å². The molecule has 1 aliphatic heterocycles. The number of hydrogen-bond acceptors (Lipinski definition) is 4. The number of aromatic amines is 1. The van der Waals surface area contributed by atoms with Crippen LogP contribution in [-0.4, -0.2) is 44.3 Å². The van der Waals surface area contributed by atoms with Gasteiger partial charge in [0, 0.05) is 51.0 Å². The lowest BCUT2D eigenvalue weighted by molar-refractivity contribution is 0.145. The molecule has 4 rings (SSSR count). The number of nitrogens with zero attached hydrogens (tertiary/aromatic N) is 4. The highest BCUT2D eigenvalue weighted by Crippen LogP contribution is 2.23. The van der Waals surface area contributed by atoms with Crippen LogP contribution in [-0.2, 0) is 13.6 Å². The molecule has 6 nitrogen and oxygen atoms in total. The Morgan fingerprint density at radius 3 is 3.18 bits per heavy atom. The molecule has 0 bridgehead atoms. The summed E-state index contributed by atoms with van der Waals surface area (Å²) in [6.45, 7) is 3.91. The highest BCUT2D eigenvalue weighted by atomic mass is 15.3. The standard InChI is InChI=1S/C16H20N6/c1-21-6-5-18-16(21)15-10-17-4-7-22(15)11-12-2-3-13-9-19-20-14(13)8-12/h2-3,5-6,8-9,15,17H,4,7,10-11H2,1H3,(H,19,20). The molecule has 0 aliphatic carbocycles. The Morgan fingerprint density at radius 2 is 2.32 bits per heavy atom. The number of rotatable bonds is 3. The normalized spacial score (nSPS) is 19.8. The molecule has 2 aromatic heterocycles. The number of aryl methyl sites for hydroxylation is 1. The number of nitrogens with one attached hydrogen (secondary N) is 2. The van der Waals surface area contributed by atoms with Gasteiger partial charge in [-0.1, -0.05) is 12.1 Å². The molecule has 6 heteroatoms. The molecule has 1 unspecified atom stereocenters. The Kier molecular flexibility index (Phi) is 3.40. The predicted molar refractivity (Wildman–Crippen MR) is 85.3 cm³/mol. The number of H-pyrrole nitrogens is 1. The van der Waals surface area contributed by atoms with Crippen molar-refractivity contribution in [3.05, 3.63) is 48.2 Å². The molecule has 1 atom stereocenters. The fourth-order valence-electron chi connectivity index (χ4n) is 3.21. The topological polar surface area (TPSA) is 61.8 Å². The van der Waals surface area contributed by atoms with E-state index >= 15 is 0 Å². The molecule has 1 saturated heterocycles. The second kappa shape index (κ2) is 5.55. The van der Waals surface area contributed by atoms with Crippen molar-refractivity contribution in [2.45, 2.75) is 12.6 Å². The third-order valence-electron chi connectivity index (χ3n) is 4.40. The van der Waals surface area contributed by atoms with Crippen LogP contribution >= 0.6 is 0 Å². The number of hydrogen-bond donors (Lipinski definition) is 2. The van der Waals surface area contributed by atoms with Crippen molar-refractivity contribution in [3.8, 4) is 0 Å². The van der Waals surface area contributed by atoms with Gasteiger partial charge in [0.1, 0.15) is 5.82 Å². The summed E-state index contributed by atoms with van der Waals surface area (Å²) >= 11 is 0. The van der Waals surface area contributed by atoms with Crippen molar-refractivity contribution in [3.63, 3.8) is 0 Å². The van der Waals surface area contributed by atoms with Crippen LogP contribution in [0.3, 0.4) is 0 Å². The summed E-state index contributed by atoms with van der Waals surface area (Å²) in [5.41, 5.74) is 2.40. The third-order valence-corrected chi connectivity index (χ3v) is 4.40. The molecule has 2 N–H and O–H groups in total. The number of imidazole rings is 1. The van der Waals surface area contributed by atoms with Crippen LogP contribution in [0.1, 0.15) is 17.4 Å². The molecule has 3 aromatic rings. The third kappa shape index (κ3) is 2.40. The molecule has 22 heavy (non-hydrogen) atoms. The van der Waals surface area contributed by atoms with Gasteiger partial charge in [-0.25, -0.2) is 4.98 Å². The molecular weight excluding hydrogens is 276 g/mol. The minimum Gasteiger partial charge on any atom is -0.337 e. The monoisotopic (exact) mass is 296 g/mol. The largest absolute Gasteiger partial charge is 0.337 e. The van der Waals surface area contributed by atoms with Crippen LogP contribution in [0.4, 0.5) is 0 Å². The van der Waals surface area contributed by atoms with Crippen molar-refractivity contribution < 1.29 is 0 Å². The average Bonchev–Trinajstić information content (AvgIpc) is 3.16. The number of piperazine rings is 1. The highest BCUT2D eigenvalue weighted by molar-refractivity contribution is 5.78. The molecule has 0 radical (unpaired) electrons. The first-order chi connectivity index (χ1) is 10.8. The molecular formula is C16H20N6. The van der Waals surface area contributed by atoms with E-state index in [0.29, 0.717) is 6.04 Å². The van der Waals surface area contributed by atoms with Gasteiger partial charge < -0.3 is 9.88 Å². The fraction of sp³-hybridized carbons (Fsp3) is 0.375. The molecule has 0 spiro atoms. The van der Waals surface area contributed by atoms with E-state index in [1.54, 1.807) is 0 Å². The van der Waals surface area contributed by atoms with Gasteiger partial charge in [-0.15, -0.1) is 0 Å². The van der Waals surface area contributed by atoms with Gasteiger partial charge in [-0.2, -0.15) is 5.10 Å². The minimum atomic E-state index is 0.311. The molecule has 1 fully saturated rings. The maximum atomic E-state index is 4.54. The van der Waals surface area contributed by atoms with Gasteiger partial charge in [-0.3, -0.25) is 10.00 Å². The molecule has 1 aliphatic rings. The van der Waals surface area contributed by atoms with Crippen molar-refractivity contribution in [2.75, 3.05) is 19.6 Å². The number of benzene rings is 1. The Hall–Kier alpha value is -2.18. The first kappa shape index (κ1) is 13.5. The van der Waals surface area contributed by atoms with Crippen LogP contribution in [0.2, 0.25) is 0 Å². The molecule has 1 aromatic carbocycles. The first-order valence-electron chi connectivity index (χ1n) is 7.65. The smallest absolute Gasteiger partial charge is 0.127 e. The van der Waals surface area contributed by atoms with Gasteiger partial charge in [-0.05, 0) is 11.6 Å². The molecule has 3 heterocycles. The van der Waals surface area contributed by atoms with Gasteiger partial charge in [0.15, 0.2) is 0 Å². The van der Waals surface area contributed by atoms with Gasteiger partial charge in [0.25, 0.3) is 0 Å². The van der Waals surface area contributed by atoms with Crippen LogP contribution in [0.5, 0.6) is 0 Å². The second-order valence-electron chi connectivity index (χ2n) is 5.88. The fourth-order valence-corrected chi connectivity index (χ4v) is 3.21. The van der Waals surface area contributed by atoms with Crippen LogP contribution < -0.4 is 5.32 Å². The summed E-state index contributed by atoms with van der Waals surface area (Å²) < 4.78 is 2.11.